The summed E-state index contributed by atoms with van der Waals surface area (Å²) in [5, 5.41) is 0.818. The largest absolute Gasteiger partial charge is 0.0843 e. The molecule has 0 N–H and O–H groups in total. The predicted molar refractivity (Wildman–Crippen MR) is 62.4 cm³/mol. The van der Waals surface area contributed by atoms with E-state index < -0.39 is 0 Å². The normalized spacial score (nSPS) is 21.9. The topological polar surface area (TPSA) is 0 Å². The van der Waals surface area contributed by atoms with Crippen LogP contribution < -0.4 is 0 Å². The van der Waals surface area contributed by atoms with Gasteiger partial charge in [0.15, 0.2) is 0 Å². The zero-order chi connectivity index (χ0) is 9.97. The molecule has 0 nitrogen and oxygen atoms in total. The van der Waals surface area contributed by atoms with Crippen molar-refractivity contribution in [2.24, 2.45) is 5.92 Å². The predicted octanol–water partition coefficient (Wildman–Crippen LogP) is 4.54. The molecule has 1 aromatic rings. The van der Waals surface area contributed by atoms with Gasteiger partial charge in [-0.2, -0.15) is 0 Å². The summed E-state index contributed by atoms with van der Waals surface area (Å²) in [5.74, 6) is 0.853. The molecule has 14 heavy (non-hydrogen) atoms. The van der Waals surface area contributed by atoms with Crippen LogP contribution in [0.3, 0.4) is 0 Å². The standard InChI is InChI=1S/C13H15Cl/c1-10-2-4-11(5-3-10)12-6-8-13(14)9-7-12/h4,6-10H,2-3,5H2,1H3. The molecule has 0 fully saturated rings. The molecule has 0 aliphatic heterocycles. The minimum absolute atomic E-state index is 0.818. The van der Waals surface area contributed by atoms with Gasteiger partial charge in [-0.05, 0) is 48.4 Å². The summed E-state index contributed by atoms with van der Waals surface area (Å²) in [7, 11) is 0. The van der Waals surface area contributed by atoms with Crippen LogP contribution in [0.15, 0.2) is 30.3 Å². The molecule has 1 atom stereocenters. The minimum atomic E-state index is 0.818. The Balaban J connectivity index is 2.19. The van der Waals surface area contributed by atoms with Crippen molar-refractivity contribution in [3.05, 3.63) is 40.9 Å². The van der Waals surface area contributed by atoms with Gasteiger partial charge in [-0.15, -0.1) is 0 Å². The van der Waals surface area contributed by atoms with Crippen LogP contribution in [0.25, 0.3) is 5.57 Å². The number of halogens is 1. The van der Waals surface area contributed by atoms with Crippen LogP contribution in [0.1, 0.15) is 31.7 Å². The van der Waals surface area contributed by atoms with E-state index in [4.69, 9.17) is 11.6 Å². The summed E-state index contributed by atoms with van der Waals surface area (Å²) in [6, 6.07) is 8.17. The first-order valence-corrected chi connectivity index (χ1v) is 5.58. The quantitative estimate of drug-likeness (QED) is 0.633. The number of allylic oxidation sites excluding steroid dienone is 2. The van der Waals surface area contributed by atoms with Gasteiger partial charge in [0, 0.05) is 5.02 Å². The average molecular weight is 207 g/mol. The Morgan fingerprint density at radius 2 is 1.93 bits per heavy atom. The van der Waals surface area contributed by atoms with Crippen LogP contribution >= 0.6 is 11.6 Å². The van der Waals surface area contributed by atoms with Crippen LogP contribution in [0, 0.1) is 5.92 Å². The Hall–Kier alpha value is -0.750. The second-order valence-electron chi connectivity index (χ2n) is 4.12. The minimum Gasteiger partial charge on any atom is -0.0843 e. The number of hydrogen-bond donors (Lipinski definition) is 0. The summed E-state index contributed by atoms with van der Waals surface area (Å²) in [5.41, 5.74) is 2.82. The van der Waals surface area contributed by atoms with Crippen LogP contribution in [0.5, 0.6) is 0 Å². The molecule has 0 aromatic heterocycles. The molecule has 1 aliphatic carbocycles. The third kappa shape index (κ3) is 2.19. The molecule has 2 rings (SSSR count). The lowest BCUT2D eigenvalue weighted by Gasteiger charge is -2.18. The van der Waals surface area contributed by atoms with E-state index in [9.17, 15) is 0 Å². The highest BCUT2D eigenvalue weighted by Crippen LogP contribution is 2.30. The van der Waals surface area contributed by atoms with Gasteiger partial charge in [-0.25, -0.2) is 0 Å². The monoisotopic (exact) mass is 206 g/mol. The second-order valence-corrected chi connectivity index (χ2v) is 4.55. The molecule has 1 aliphatic rings. The van der Waals surface area contributed by atoms with E-state index in [1.807, 2.05) is 12.1 Å². The molecule has 0 radical (unpaired) electrons. The zero-order valence-electron chi connectivity index (χ0n) is 8.46. The maximum absolute atomic E-state index is 5.85. The van der Waals surface area contributed by atoms with Gasteiger partial charge in [0.05, 0.1) is 0 Å². The highest BCUT2D eigenvalue weighted by Gasteiger charge is 2.10. The molecule has 74 valence electrons. The SMILES string of the molecule is CC1CC=C(c2ccc(Cl)cc2)CC1. The zero-order valence-corrected chi connectivity index (χ0v) is 9.22. The average Bonchev–Trinajstić information content (AvgIpc) is 2.21. The van der Waals surface area contributed by atoms with E-state index >= 15 is 0 Å². The summed E-state index contributed by atoms with van der Waals surface area (Å²) < 4.78 is 0. The molecule has 0 saturated heterocycles. The molecule has 0 bridgehead atoms. The number of benzene rings is 1. The van der Waals surface area contributed by atoms with E-state index in [0.717, 1.165) is 10.9 Å². The van der Waals surface area contributed by atoms with Crippen LogP contribution in [-0.4, -0.2) is 0 Å². The fourth-order valence-electron chi connectivity index (χ4n) is 1.89. The van der Waals surface area contributed by atoms with E-state index in [1.165, 1.54) is 30.4 Å². The van der Waals surface area contributed by atoms with Crippen molar-refractivity contribution in [1.29, 1.82) is 0 Å². The lowest BCUT2D eigenvalue weighted by molar-refractivity contribution is 0.534. The Morgan fingerprint density at radius 1 is 1.21 bits per heavy atom. The smallest absolute Gasteiger partial charge is 0.0406 e. The summed E-state index contributed by atoms with van der Waals surface area (Å²) in [6.07, 6.45) is 6.12. The van der Waals surface area contributed by atoms with Crippen molar-refractivity contribution in [3.63, 3.8) is 0 Å². The molecule has 0 amide bonds. The Bertz CT molecular complexity index is 335. The van der Waals surface area contributed by atoms with Gasteiger partial charge in [-0.3, -0.25) is 0 Å². The van der Waals surface area contributed by atoms with Gasteiger partial charge in [-0.1, -0.05) is 36.7 Å². The number of hydrogen-bond acceptors (Lipinski definition) is 0. The third-order valence-corrected chi connectivity index (χ3v) is 3.14. The number of rotatable bonds is 1. The Labute approximate surface area is 90.6 Å². The third-order valence-electron chi connectivity index (χ3n) is 2.89. The van der Waals surface area contributed by atoms with E-state index in [-0.39, 0.29) is 0 Å². The van der Waals surface area contributed by atoms with Crippen molar-refractivity contribution >= 4 is 17.2 Å². The molecule has 0 heterocycles. The Kier molecular flexibility index (Phi) is 2.93. The van der Waals surface area contributed by atoms with Crippen molar-refractivity contribution in [1.82, 2.24) is 0 Å². The molecule has 0 saturated carbocycles. The van der Waals surface area contributed by atoms with Gasteiger partial charge in [0.1, 0.15) is 0 Å². The first kappa shape index (κ1) is 9.79. The summed E-state index contributed by atoms with van der Waals surface area (Å²) >= 11 is 5.85. The maximum Gasteiger partial charge on any atom is 0.0406 e. The van der Waals surface area contributed by atoms with Gasteiger partial charge < -0.3 is 0 Å². The highest BCUT2D eigenvalue weighted by molar-refractivity contribution is 6.30. The van der Waals surface area contributed by atoms with Crippen molar-refractivity contribution in [2.75, 3.05) is 0 Å². The van der Waals surface area contributed by atoms with E-state index in [1.54, 1.807) is 0 Å². The molecule has 1 heteroatoms. The van der Waals surface area contributed by atoms with Crippen molar-refractivity contribution in [2.45, 2.75) is 26.2 Å². The van der Waals surface area contributed by atoms with Gasteiger partial charge in [0.2, 0.25) is 0 Å². The summed E-state index contributed by atoms with van der Waals surface area (Å²) in [4.78, 5) is 0. The lowest BCUT2D eigenvalue weighted by atomic mass is 9.88. The molecular formula is C13H15Cl. The fraction of sp³-hybridized carbons (Fsp3) is 0.385. The van der Waals surface area contributed by atoms with E-state index in [2.05, 4.69) is 25.1 Å². The first-order chi connectivity index (χ1) is 6.75. The molecular weight excluding hydrogens is 192 g/mol. The Morgan fingerprint density at radius 3 is 2.50 bits per heavy atom. The van der Waals surface area contributed by atoms with Crippen LogP contribution in [-0.2, 0) is 0 Å². The van der Waals surface area contributed by atoms with Crippen LogP contribution in [0.4, 0.5) is 0 Å². The molecule has 0 spiro atoms. The van der Waals surface area contributed by atoms with Crippen molar-refractivity contribution in [3.8, 4) is 0 Å². The molecule has 1 unspecified atom stereocenters. The summed E-state index contributed by atoms with van der Waals surface area (Å²) in [6.45, 7) is 2.31. The maximum atomic E-state index is 5.85. The van der Waals surface area contributed by atoms with Crippen molar-refractivity contribution < 1.29 is 0 Å². The highest BCUT2D eigenvalue weighted by atomic mass is 35.5. The van der Waals surface area contributed by atoms with Crippen LogP contribution in [0.2, 0.25) is 5.02 Å². The van der Waals surface area contributed by atoms with Gasteiger partial charge >= 0.3 is 0 Å². The van der Waals surface area contributed by atoms with E-state index in [0.29, 0.717) is 0 Å². The first-order valence-electron chi connectivity index (χ1n) is 5.20. The van der Waals surface area contributed by atoms with Gasteiger partial charge in [0.25, 0.3) is 0 Å². The second kappa shape index (κ2) is 4.18. The fourth-order valence-corrected chi connectivity index (χ4v) is 2.02. The lowest BCUT2D eigenvalue weighted by Crippen LogP contribution is -2.00. The molecule has 1 aromatic carbocycles.